The quantitative estimate of drug-likeness (QED) is 0.628. The van der Waals surface area contributed by atoms with Crippen LogP contribution in [0, 0.1) is 11.7 Å². The van der Waals surface area contributed by atoms with Gasteiger partial charge in [0.15, 0.2) is 0 Å². The highest BCUT2D eigenvalue weighted by atomic mass is 31.2. The van der Waals surface area contributed by atoms with Crippen LogP contribution in [-0.2, 0) is 9.72 Å². The van der Waals surface area contributed by atoms with Crippen molar-refractivity contribution in [3.05, 3.63) is 35.6 Å². The molecular formula is C14H15F4O3P-2. The Kier molecular flexibility index (Phi) is 4.71. The fourth-order valence-corrected chi connectivity index (χ4v) is 4.91. The molecule has 0 saturated heterocycles. The van der Waals surface area contributed by atoms with Crippen LogP contribution in [0.4, 0.5) is 17.6 Å². The highest BCUT2D eigenvalue weighted by Crippen LogP contribution is 2.66. The molecule has 3 nitrogen and oxygen atoms in total. The number of hydrogen-bond acceptors (Lipinski definition) is 3. The Labute approximate surface area is 125 Å². The van der Waals surface area contributed by atoms with Crippen molar-refractivity contribution in [1.82, 2.24) is 0 Å². The van der Waals surface area contributed by atoms with E-state index in [1.165, 1.54) is 0 Å². The highest BCUT2D eigenvalue weighted by Gasteiger charge is 2.63. The molecule has 0 bridgehead atoms. The Hall–Kier alpha value is -0.910. The number of hydrogen-bond donors (Lipinski definition) is 0. The van der Waals surface area contributed by atoms with Crippen molar-refractivity contribution in [3.63, 3.8) is 0 Å². The molecule has 1 aliphatic carbocycles. The summed E-state index contributed by atoms with van der Waals surface area (Å²) < 4.78 is 67.1. The molecule has 1 unspecified atom stereocenters. The third kappa shape index (κ3) is 2.70. The van der Waals surface area contributed by atoms with Crippen LogP contribution in [0.3, 0.4) is 0 Å². The normalized spacial score (nSPS) is 20.6. The van der Waals surface area contributed by atoms with Gasteiger partial charge in [0, 0.05) is 5.56 Å². The minimum atomic E-state index is -6.21. The first-order chi connectivity index (χ1) is 10.1. The maximum Gasteiger partial charge on any atom is 0.403 e. The predicted molar refractivity (Wildman–Crippen MR) is 68.3 cm³/mol. The van der Waals surface area contributed by atoms with Gasteiger partial charge in [-0.3, -0.25) is 0 Å². The fraction of sp³-hybridized carbons (Fsp3) is 0.571. The van der Waals surface area contributed by atoms with E-state index in [4.69, 9.17) is 0 Å². The van der Waals surface area contributed by atoms with E-state index in [0.29, 0.717) is 19.3 Å². The lowest BCUT2D eigenvalue weighted by Gasteiger charge is -2.55. The first-order valence-electron chi connectivity index (χ1n) is 6.96. The molecule has 22 heavy (non-hydrogen) atoms. The molecule has 2 rings (SSSR count). The van der Waals surface area contributed by atoms with Crippen molar-refractivity contribution in [2.45, 2.75) is 43.4 Å². The summed E-state index contributed by atoms with van der Waals surface area (Å²) in [4.78, 5) is 23.5. The van der Waals surface area contributed by atoms with Crippen LogP contribution in [0.5, 0.6) is 0 Å². The average molecular weight is 338 g/mol. The molecule has 0 aromatic heterocycles. The van der Waals surface area contributed by atoms with Crippen molar-refractivity contribution < 1.29 is 31.9 Å². The molecule has 0 N–H and O–H groups in total. The average Bonchev–Trinajstić information content (AvgIpc) is 2.40. The van der Waals surface area contributed by atoms with Gasteiger partial charge >= 0.3 is 6.18 Å². The summed E-state index contributed by atoms with van der Waals surface area (Å²) in [5.74, 6) is -2.78. The summed E-state index contributed by atoms with van der Waals surface area (Å²) in [6.45, 7) is 0. The minimum Gasteiger partial charge on any atom is -0.810 e. The topological polar surface area (TPSA) is 63.2 Å². The van der Waals surface area contributed by atoms with Gasteiger partial charge in [-0.25, -0.2) is 4.39 Å². The van der Waals surface area contributed by atoms with Gasteiger partial charge in [-0.15, -0.1) is 0 Å². The molecule has 1 fully saturated rings. The van der Waals surface area contributed by atoms with Crippen molar-refractivity contribution >= 4 is 7.60 Å². The summed E-state index contributed by atoms with van der Waals surface area (Å²) in [6.07, 6.45) is -4.07. The summed E-state index contributed by atoms with van der Waals surface area (Å²) in [7, 11) is -6.21. The van der Waals surface area contributed by atoms with E-state index in [-0.39, 0.29) is 12.8 Å². The Bertz CT molecular complexity index is 578. The van der Waals surface area contributed by atoms with E-state index in [2.05, 4.69) is 0 Å². The molecule has 0 spiro atoms. The van der Waals surface area contributed by atoms with Crippen LogP contribution in [-0.4, -0.2) is 6.18 Å². The Morgan fingerprint density at radius 3 is 2.05 bits per heavy atom. The van der Waals surface area contributed by atoms with Crippen LogP contribution in [0.25, 0.3) is 0 Å². The van der Waals surface area contributed by atoms with Gasteiger partial charge in [0.2, 0.25) is 0 Å². The lowest BCUT2D eigenvalue weighted by atomic mass is 9.75. The predicted octanol–water partition coefficient (Wildman–Crippen LogP) is 3.08. The molecule has 1 saturated carbocycles. The van der Waals surface area contributed by atoms with E-state index < -0.39 is 36.2 Å². The van der Waals surface area contributed by atoms with E-state index in [9.17, 15) is 31.9 Å². The standard InChI is InChI=1S/C14H17F4O3P/c15-12-9-5-4-8-11(12)13(14(16,17)18,22(19,20)21)10-6-2-1-3-7-10/h4-5,8-10H,1-3,6-7H2,(H2,19,20,21)/p-2. The summed E-state index contributed by atoms with van der Waals surface area (Å²) >= 11 is 0. The van der Waals surface area contributed by atoms with Gasteiger partial charge in [-0.05, 0) is 32.4 Å². The van der Waals surface area contributed by atoms with Gasteiger partial charge < -0.3 is 14.4 Å². The third-order valence-electron chi connectivity index (χ3n) is 4.34. The summed E-state index contributed by atoms with van der Waals surface area (Å²) in [5.41, 5.74) is -1.08. The van der Waals surface area contributed by atoms with E-state index >= 15 is 0 Å². The second-order valence-electron chi connectivity index (χ2n) is 5.58. The monoisotopic (exact) mass is 338 g/mol. The maximum absolute atomic E-state index is 14.0. The van der Waals surface area contributed by atoms with Crippen LogP contribution in [0.15, 0.2) is 24.3 Å². The van der Waals surface area contributed by atoms with Gasteiger partial charge in [-0.2, -0.15) is 13.2 Å². The molecular weight excluding hydrogens is 323 g/mol. The Morgan fingerprint density at radius 2 is 1.59 bits per heavy atom. The van der Waals surface area contributed by atoms with Gasteiger partial charge in [0.25, 0.3) is 0 Å². The number of halogens is 4. The first kappa shape index (κ1) is 17.4. The Morgan fingerprint density at radius 1 is 1.05 bits per heavy atom. The second-order valence-corrected chi connectivity index (χ2v) is 7.28. The zero-order chi connectivity index (χ0) is 16.6. The zero-order valence-electron chi connectivity index (χ0n) is 11.6. The van der Waals surface area contributed by atoms with Crippen LogP contribution in [0.2, 0.25) is 0 Å². The highest BCUT2D eigenvalue weighted by molar-refractivity contribution is 7.50. The first-order valence-corrected chi connectivity index (χ1v) is 8.50. The fourth-order valence-electron chi connectivity index (χ4n) is 3.42. The molecule has 124 valence electrons. The van der Waals surface area contributed by atoms with Crippen LogP contribution < -0.4 is 9.79 Å². The van der Waals surface area contributed by atoms with Gasteiger partial charge in [0.05, 0.1) is 0 Å². The number of benzene rings is 1. The molecule has 0 heterocycles. The largest absolute Gasteiger partial charge is 0.810 e. The van der Waals surface area contributed by atoms with E-state index in [1.807, 2.05) is 0 Å². The van der Waals surface area contributed by atoms with E-state index in [0.717, 1.165) is 24.3 Å². The maximum atomic E-state index is 14.0. The van der Waals surface area contributed by atoms with Crippen molar-refractivity contribution in [1.29, 1.82) is 0 Å². The molecule has 0 amide bonds. The lowest BCUT2D eigenvalue weighted by Crippen LogP contribution is -2.54. The summed E-state index contributed by atoms with van der Waals surface area (Å²) in [5, 5.41) is -3.70. The Balaban J connectivity index is 2.77. The molecule has 0 radical (unpaired) electrons. The smallest absolute Gasteiger partial charge is 0.403 e. The van der Waals surface area contributed by atoms with Crippen LogP contribution in [0.1, 0.15) is 37.7 Å². The molecule has 1 aromatic carbocycles. The van der Waals surface area contributed by atoms with Gasteiger partial charge in [0.1, 0.15) is 11.0 Å². The molecule has 1 aromatic rings. The van der Waals surface area contributed by atoms with Gasteiger partial charge in [-0.1, -0.05) is 37.5 Å². The molecule has 8 heteroatoms. The zero-order valence-corrected chi connectivity index (χ0v) is 12.5. The van der Waals surface area contributed by atoms with Crippen molar-refractivity contribution in [3.8, 4) is 0 Å². The van der Waals surface area contributed by atoms with Crippen LogP contribution >= 0.6 is 7.60 Å². The minimum absolute atomic E-state index is 0.0671. The SMILES string of the molecule is O=P([O-])([O-])C(c1ccccc1F)(C1CCCCC1)C(F)(F)F. The van der Waals surface area contributed by atoms with Crippen molar-refractivity contribution in [2.75, 3.05) is 0 Å². The molecule has 0 aliphatic heterocycles. The van der Waals surface area contributed by atoms with E-state index in [1.54, 1.807) is 0 Å². The molecule has 1 aliphatic rings. The summed E-state index contributed by atoms with van der Waals surface area (Å²) in [6, 6.07) is 3.76. The second kappa shape index (κ2) is 5.95. The van der Waals surface area contributed by atoms with Crippen molar-refractivity contribution in [2.24, 2.45) is 5.92 Å². The molecule has 1 atom stereocenters. The number of rotatable bonds is 3. The third-order valence-corrected chi connectivity index (χ3v) is 6.07. The number of alkyl halides is 3. The lowest BCUT2D eigenvalue weighted by molar-refractivity contribution is -0.338.